The summed E-state index contributed by atoms with van der Waals surface area (Å²) in [6.07, 6.45) is 1.95. The second-order valence-corrected chi connectivity index (χ2v) is 5.08. The summed E-state index contributed by atoms with van der Waals surface area (Å²) < 4.78 is 14.2. The molecule has 8 heteroatoms. The molecular weight excluding hydrogens is 277 g/mol. The van der Waals surface area contributed by atoms with E-state index in [4.69, 9.17) is 11.5 Å². The van der Waals surface area contributed by atoms with Crippen molar-refractivity contribution in [2.45, 2.75) is 12.5 Å². The molecule has 1 aliphatic rings. The summed E-state index contributed by atoms with van der Waals surface area (Å²) in [5, 5.41) is -0.00366. The van der Waals surface area contributed by atoms with Gasteiger partial charge in [-0.15, -0.1) is 0 Å². The number of amides is 1. The maximum Gasteiger partial charge on any atom is 0.254 e. The predicted molar refractivity (Wildman–Crippen MR) is 75.6 cm³/mol. The highest BCUT2D eigenvalue weighted by atomic mass is 19.1. The number of hydrogen-bond acceptors (Lipinski definition) is 5. The summed E-state index contributed by atoms with van der Waals surface area (Å²) >= 11 is 0. The van der Waals surface area contributed by atoms with Gasteiger partial charge in [-0.1, -0.05) is 0 Å². The van der Waals surface area contributed by atoms with E-state index in [-0.39, 0.29) is 28.5 Å². The quantitative estimate of drug-likeness (QED) is 0.702. The van der Waals surface area contributed by atoms with E-state index >= 15 is 0 Å². The minimum atomic E-state index is -0.867. The maximum atomic E-state index is 14.2. The summed E-state index contributed by atoms with van der Waals surface area (Å²) in [5.74, 6) is -1.34. The number of nitrogens with one attached hydrogen (secondary N) is 1. The standard InChI is InChI=1S/C13H14FN5O2/c14-9-3-7-10(20)8(11(16)21)4-17-12(7)18-13(9)19-2-1-6(15)5-19/h3-4,6H,1-2,5,15H2,(H2,16,21)(H,17,18,20). The van der Waals surface area contributed by atoms with Gasteiger partial charge in [0.05, 0.1) is 5.39 Å². The molecule has 1 unspecified atom stereocenters. The first kappa shape index (κ1) is 13.5. The molecule has 1 saturated heterocycles. The molecule has 110 valence electrons. The Bertz CT molecular complexity index is 788. The monoisotopic (exact) mass is 291 g/mol. The smallest absolute Gasteiger partial charge is 0.254 e. The maximum absolute atomic E-state index is 14.2. The van der Waals surface area contributed by atoms with E-state index in [1.54, 1.807) is 4.90 Å². The van der Waals surface area contributed by atoms with Crippen molar-refractivity contribution in [1.82, 2.24) is 9.97 Å². The van der Waals surface area contributed by atoms with Crippen LogP contribution < -0.4 is 21.8 Å². The first-order valence-electron chi connectivity index (χ1n) is 6.49. The largest absolute Gasteiger partial charge is 0.365 e. The molecule has 0 spiro atoms. The fourth-order valence-electron chi connectivity index (χ4n) is 2.50. The van der Waals surface area contributed by atoms with Crippen LogP contribution in [0.15, 0.2) is 17.1 Å². The van der Waals surface area contributed by atoms with Gasteiger partial charge in [0, 0.05) is 25.3 Å². The second-order valence-electron chi connectivity index (χ2n) is 5.08. The Morgan fingerprint density at radius 1 is 1.52 bits per heavy atom. The molecule has 21 heavy (non-hydrogen) atoms. The number of aromatic amines is 1. The molecule has 5 N–H and O–H groups in total. The number of nitrogens with zero attached hydrogens (tertiary/aromatic N) is 2. The van der Waals surface area contributed by atoms with Crippen molar-refractivity contribution in [3.63, 3.8) is 0 Å². The van der Waals surface area contributed by atoms with Crippen molar-refractivity contribution in [3.8, 4) is 0 Å². The van der Waals surface area contributed by atoms with Gasteiger partial charge in [0.2, 0.25) is 5.43 Å². The van der Waals surface area contributed by atoms with E-state index in [1.807, 2.05) is 0 Å². The molecule has 2 aromatic heterocycles. The second kappa shape index (κ2) is 4.81. The Hall–Kier alpha value is -2.48. The normalized spacial score (nSPS) is 18.4. The highest BCUT2D eigenvalue weighted by molar-refractivity contribution is 5.95. The van der Waals surface area contributed by atoms with Crippen LogP contribution in [0.4, 0.5) is 10.2 Å². The van der Waals surface area contributed by atoms with Crippen molar-refractivity contribution < 1.29 is 9.18 Å². The summed E-state index contributed by atoms with van der Waals surface area (Å²) in [5.41, 5.74) is 10.2. The zero-order valence-corrected chi connectivity index (χ0v) is 11.1. The number of aromatic nitrogens is 2. The van der Waals surface area contributed by atoms with Gasteiger partial charge in [0.15, 0.2) is 11.6 Å². The molecule has 1 aliphatic heterocycles. The Balaban J connectivity index is 2.15. The Labute approximate surface area is 118 Å². The molecule has 0 radical (unpaired) electrons. The van der Waals surface area contributed by atoms with Crippen molar-refractivity contribution in [1.29, 1.82) is 0 Å². The summed E-state index contributed by atoms with van der Waals surface area (Å²) in [6, 6.07) is 1.06. The Morgan fingerprint density at radius 3 is 2.90 bits per heavy atom. The molecule has 0 aromatic carbocycles. The van der Waals surface area contributed by atoms with Gasteiger partial charge >= 0.3 is 0 Å². The molecule has 1 amide bonds. The summed E-state index contributed by atoms with van der Waals surface area (Å²) in [6.45, 7) is 1.12. The third-order valence-electron chi connectivity index (χ3n) is 3.59. The summed E-state index contributed by atoms with van der Waals surface area (Å²) in [4.78, 5) is 31.8. The van der Waals surface area contributed by atoms with Crippen molar-refractivity contribution in [2.75, 3.05) is 18.0 Å². The van der Waals surface area contributed by atoms with E-state index in [9.17, 15) is 14.0 Å². The van der Waals surface area contributed by atoms with Gasteiger partial charge in [-0.05, 0) is 12.5 Å². The van der Waals surface area contributed by atoms with Gasteiger partial charge in [-0.2, -0.15) is 0 Å². The van der Waals surface area contributed by atoms with Crippen LogP contribution in [0.2, 0.25) is 0 Å². The van der Waals surface area contributed by atoms with E-state index in [1.165, 1.54) is 6.20 Å². The van der Waals surface area contributed by atoms with E-state index in [0.717, 1.165) is 12.5 Å². The van der Waals surface area contributed by atoms with Crippen molar-refractivity contribution in [2.24, 2.45) is 11.5 Å². The SMILES string of the molecule is NC(=O)c1c[nH]c2nc(N3CCC(N)C3)c(F)cc2c1=O. The van der Waals surface area contributed by atoms with Crippen LogP contribution in [0.3, 0.4) is 0 Å². The topological polar surface area (TPSA) is 118 Å². The average Bonchev–Trinajstić information content (AvgIpc) is 2.85. The zero-order chi connectivity index (χ0) is 15.1. The van der Waals surface area contributed by atoms with Crippen molar-refractivity contribution in [3.05, 3.63) is 33.9 Å². The third-order valence-corrected chi connectivity index (χ3v) is 3.59. The minimum absolute atomic E-state index is 0.00366. The first-order valence-corrected chi connectivity index (χ1v) is 6.49. The number of halogens is 1. The predicted octanol–water partition coefficient (Wildman–Crippen LogP) is -0.302. The number of pyridine rings is 2. The molecule has 3 rings (SSSR count). The van der Waals surface area contributed by atoms with E-state index < -0.39 is 17.2 Å². The van der Waals surface area contributed by atoms with Gasteiger partial charge < -0.3 is 21.4 Å². The van der Waals surface area contributed by atoms with Gasteiger partial charge in [-0.25, -0.2) is 9.37 Å². The van der Waals surface area contributed by atoms with Crippen LogP contribution in [0.1, 0.15) is 16.8 Å². The van der Waals surface area contributed by atoms with Crippen LogP contribution in [-0.4, -0.2) is 35.0 Å². The lowest BCUT2D eigenvalue weighted by Crippen LogP contribution is -2.28. The fourth-order valence-corrected chi connectivity index (χ4v) is 2.50. The molecule has 2 aromatic rings. The minimum Gasteiger partial charge on any atom is -0.365 e. The Kier molecular flexibility index (Phi) is 3.09. The van der Waals surface area contributed by atoms with E-state index in [2.05, 4.69) is 9.97 Å². The molecule has 0 saturated carbocycles. The van der Waals surface area contributed by atoms with Crippen LogP contribution in [-0.2, 0) is 0 Å². The summed E-state index contributed by atoms with van der Waals surface area (Å²) in [7, 11) is 0. The van der Waals surface area contributed by atoms with Crippen LogP contribution in [0.25, 0.3) is 11.0 Å². The lowest BCUT2D eigenvalue weighted by Gasteiger charge is -2.17. The van der Waals surface area contributed by atoms with Crippen LogP contribution in [0.5, 0.6) is 0 Å². The number of nitrogens with two attached hydrogens (primary N) is 2. The van der Waals surface area contributed by atoms with Gasteiger partial charge in [0.25, 0.3) is 5.91 Å². The molecule has 0 aliphatic carbocycles. The van der Waals surface area contributed by atoms with Crippen LogP contribution >= 0.6 is 0 Å². The first-order chi connectivity index (χ1) is 9.97. The molecule has 7 nitrogen and oxygen atoms in total. The lowest BCUT2D eigenvalue weighted by molar-refractivity contribution is 0.0999. The molecule has 3 heterocycles. The van der Waals surface area contributed by atoms with Crippen LogP contribution in [0, 0.1) is 5.82 Å². The van der Waals surface area contributed by atoms with E-state index in [0.29, 0.717) is 13.1 Å². The molecular formula is C13H14FN5O2. The van der Waals surface area contributed by atoms with Gasteiger partial charge in [0.1, 0.15) is 11.2 Å². The highest BCUT2D eigenvalue weighted by Crippen LogP contribution is 2.23. The third kappa shape index (κ3) is 2.23. The number of H-pyrrole nitrogens is 1. The lowest BCUT2D eigenvalue weighted by atomic mass is 10.2. The number of hydrogen-bond donors (Lipinski definition) is 3. The molecule has 1 atom stereocenters. The zero-order valence-electron chi connectivity index (χ0n) is 11.1. The average molecular weight is 291 g/mol. The number of anilines is 1. The Morgan fingerprint density at radius 2 is 2.29 bits per heavy atom. The fraction of sp³-hybridized carbons (Fsp3) is 0.308. The van der Waals surface area contributed by atoms with Crippen molar-refractivity contribution >= 4 is 22.8 Å². The molecule has 1 fully saturated rings. The molecule has 0 bridgehead atoms. The number of carbonyl (C=O) groups excluding carboxylic acids is 1. The van der Waals surface area contributed by atoms with Gasteiger partial charge in [-0.3, -0.25) is 9.59 Å². The number of carbonyl (C=O) groups is 1. The highest BCUT2D eigenvalue weighted by Gasteiger charge is 2.24. The number of rotatable bonds is 2. The number of primary amides is 1. The number of fused-ring (bicyclic) bond motifs is 1.